The second-order valence-electron chi connectivity index (χ2n) is 7.35. The van der Waals surface area contributed by atoms with Crippen molar-refractivity contribution < 1.29 is 14.6 Å². The fraction of sp³-hybridized carbons (Fsp3) is 0.348. The standard InChI is InChI=1S/C23H29N3O/c1-20(23(27)24-19-22-11-6-3-7-12-22)26-17-15-25(16-18-26)14-8-13-21-9-4-2-5-10-21/h2-13,20H,14-19H2,1H3,(H,24,27)/p+2/b13-8+/t20-/m0/s1. The maximum atomic E-state index is 12.5. The van der Waals surface area contributed by atoms with Gasteiger partial charge in [-0.3, -0.25) is 4.79 Å². The Bertz CT molecular complexity index is 722. The highest BCUT2D eigenvalue weighted by molar-refractivity contribution is 5.79. The zero-order chi connectivity index (χ0) is 18.9. The average Bonchev–Trinajstić information content (AvgIpc) is 2.73. The number of hydrogen-bond acceptors (Lipinski definition) is 1. The highest BCUT2D eigenvalue weighted by Crippen LogP contribution is 1.99. The molecule has 3 rings (SSSR count). The van der Waals surface area contributed by atoms with Gasteiger partial charge in [-0.2, -0.15) is 0 Å². The van der Waals surface area contributed by atoms with Crippen molar-refractivity contribution >= 4 is 12.0 Å². The Hall–Kier alpha value is -2.43. The molecule has 142 valence electrons. The summed E-state index contributed by atoms with van der Waals surface area (Å²) in [5, 5.41) is 3.08. The van der Waals surface area contributed by atoms with Gasteiger partial charge in [-0.15, -0.1) is 0 Å². The number of hydrogen-bond donors (Lipinski definition) is 3. The van der Waals surface area contributed by atoms with E-state index < -0.39 is 0 Å². The van der Waals surface area contributed by atoms with Crippen LogP contribution in [0.5, 0.6) is 0 Å². The van der Waals surface area contributed by atoms with Crippen molar-refractivity contribution in [3.05, 3.63) is 77.9 Å². The minimum Gasteiger partial charge on any atom is -0.347 e. The molecular formula is C23H31N3O+2. The van der Waals surface area contributed by atoms with Gasteiger partial charge in [0.25, 0.3) is 5.91 Å². The largest absolute Gasteiger partial charge is 0.347 e. The van der Waals surface area contributed by atoms with Gasteiger partial charge in [0.05, 0.1) is 6.54 Å². The lowest BCUT2D eigenvalue weighted by molar-refractivity contribution is -1.02. The minimum absolute atomic E-state index is 0.00937. The molecule has 0 aliphatic carbocycles. The van der Waals surface area contributed by atoms with Gasteiger partial charge < -0.3 is 15.1 Å². The van der Waals surface area contributed by atoms with Crippen LogP contribution in [-0.4, -0.2) is 44.7 Å². The number of rotatable bonds is 7. The van der Waals surface area contributed by atoms with Gasteiger partial charge in [0.1, 0.15) is 26.2 Å². The third kappa shape index (κ3) is 6.05. The Balaban J connectivity index is 1.39. The molecular weight excluding hydrogens is 334 g/mol. The van der Waals surface area contributed by atoms with Crippen molar-refractivity contribution in [1.82, 2.24) is 5.32 Å². The van der Waals surface area contributed by atoms with E-state index in [-0.39, 0.29) is 11.9 Å². The average molecular weight is 366 g/mol. The fourth-order valence-corrected chi connectivity index (χ4v) is 3.61. The Morgan fingerprint density at radius 3 is 2.30 bits per heavy atom. The number of amides is 1. The van der Waals surface area contributed by atoms with E-state index in [0.29, 0.717) is 6.54 Å². The first kappa shape index (κ1) is 19.3. The molecule has 1 amide bonds. The van der Waals surface area contributed by atoms with E-state index in [0.717, 1.165) is 38.3 Å². The van der Waals surface area contributed by atoms with Gasteiger partial charge in [-0.1, -0.05) is 66.7 Å². The summed E-state index contributed by atoms with van der Waals surface area (Å²) < 4.78 is 0. The molecule has 3 N–H and O–H groups in total. The van der Waals surface area contributed by atoms with Crippen molar-refractivity contribution in [2.45, 2.75) is 19.5 Å². The molecule has 2 aromatic carbocycles. The zero-order valence-corrected chi connectivity index (χ0v) is 16.2. The van der Waals surface area contributed by atoms with Crippen LogP contribution >= 0.6 is 0 Å². The molecule has 1 fully saturated rings. The molecule has 4 nitrogen and oxygen atoms in total. The molecule has 2 aromatic rings. The molecule has 0 bridgehead atoms. The van der Waals surface area contributed by atoms with Crippen LogP contribution in [0.3, 0.4) is 0 Å². The zero-order valence-electron chi connectivity index (χ0n) is 16.2. The van der Waals surface area contributed by atoms with Crippen LogP contribution in [0.4, 0.5) is 0 Å². The number of quaternary nitrogens is 2. The smallest absolute Gasteiger partial charge is 0.278 e. The molecule has 0 radical (unpaired) electrons. The van der Waals surface area contributed by atoms with Gasteiger partial charge >= 0.3 is 0 Å². The predicted molar refractivity (Wildman–Crippen MR) is 109 cm³/mol. The molecule has 0 spiro atoms. The van der Waals surface area contributed by atoms with Crippen LogP contribution in [-0.2, 0) is 11.3 Å². The lowest BCUT2D eigenvalue weighted by atomic mass is 10.2. The third-order valence-electron chi connectivity index (χ3n) is 5.43. The summed E-state index contributed by atoms with van der Waals surface area (Å²) in [6.45, 7) is 8.05. The second-order valence-corrected chi connectivity index (χ2v) is 7.35. The Morgan fingerprint density at radius 1 is 1.00 bits per heavy atom. The second kappa shape index (κ2) is 10.0. The SMILES string of the molecule is C[C@@H](C(=O)NCc1ccccc1)[NH+]1CC[NH+](C/C=C/c2ccccc2)CC1. The normalized spacial score (nSPS) is 21.1. The summed E-state index contributed by atoms with van der Waals surface area (Å²) in [4.78, 5) is 15.5. The molecule has 0 saturated carbocycles. The van der Waals surface area contributed by atoms with Gasteiger partial charge in [0.15, 0.2) is 6.04 Å². The van der Waals surface area contributed by atoms with Crippen LogP contribution in [0.1, 0.15) is 18.1 Å². The Morgan fingerprint density at radius 2 is 1.63 bits per heavy atom. The van der Waals surface area contributed by atoms with Crippen LogP contribution in [0, 0.1) is 0 Å². The lowest BCUT2D eigenvalue weighted by Crippen LogP contribution is -3.30. The van der Waals surface area contributed by atoms with Gasteiger partial charge in [0.2, 0.25) is 0 Å². The molecule has 4 heteroatoms. The topological polar surface area (TPSA) is 38.0 Å². The van der Waals surface area contributed by atoms with E-state index in [1.54, 1.807) is 4.90 Å². The van der Waals surface area contributed by atoms with Crippen LogP contribution in [0.2, 0.25) is 0 Å². The van der Waals surface area contributed by atoms with Crippen LogP contribution < -0.4 is 15.1 Å². The predicted octanol–water partition coefficient (Wildman–Crippen LogP) is 0.188. The summed E-state index contributed by atoms with van der Waals surface area (Å²) in [5.74, 6) is 0.154. The maximum Gasteiger partial charge on any atom is 0.278 e. The van der Waals surface area contributed by atoms with Crippen molar-refractivity contribution in [3.8, 4) is 0 Å². The van der Waals surface area contributed by atoms with E-state index in [9.17, 15) is 4.79 Å². The molecule has 27 heavy (non-hydrogen) atoms. The maximum absolute atomic E-state index is 12.5. The molecule has 1 heterocycles. The van der Waals surface area contributed by atoms with E-state index in [1.165, 1.54) is 10.5 Å². The number of benzene rings is 2. The number of carbonyl (C=O) groups is 1. The molecule has 1 saturated heterocycles. The molecule has 0 aromatic heterocycles. The quantitative estimate of drug-likeness (QED) is 0.644. The monoisotopic (exact) mass is 365 g/mol. The molecule has 1 atom stereocenters. The summed E-state index contributed by atoms with van der Waals surface area (Å²) in [5.41, 5.74) is 2.40. The summed E-state index contributed by atoms with van der Waals surface area (Å²) in [6, 6.07) is 20.5. The Kier molecular flexibility index (Phi) is 7.19. The van der Waals surface area contributed by atoms with Crippen molar-refractivity contribution in [2.75, 3.05) is 32.7 Å². The summed E-state index contributed by atoms with van der Waals surface area (Å²) in [7, 11) is 0. The van der Waals surface area contributed by atoms with E-state index >= 15 is 0 Å². The van der Waals surface area contributed by atoms with Crippen molar-refractivity contribution in [3.63, 3.8) is 0 Å². The summed E-state index contributed by atoms with van der Waals surface area (Å²) >= 11 is 0. The third-order valence-corrected chi connectivity index (χ3v) is 5.43. The van der Waals surface area contributed by atoms with E-state index in [1.807, 2.05) is 36.4 Å². The highest BCUT2D eigenvalue weighted by atomic mass is 16.2. The minimum atomic E-state index is 0.00937. The van der Waals surface area contributed by atoms with Gasteiger partial charge in [-0.05, 0) is 24.1 Å². The Labute approximate surface area is 162 Å². The number of carbonyl (C=O) groups excluding carboxylic acids is 1. The molecule has 1 aliphatic heterocycles. The first-order valence-corrected chi connectivity index (χ1v) is 9.94. The van der Waals surface area contributed by atoms with Gasteiger partial charge in [-0.25, -0.2) is 0 Å². The summed E-state index contributed by atoms with van der Waals surface area (Å²) in [6.07, 6.45) is 4.47. The molecule has 0 unspecified atom stereocenters. The fourth-order valence-electron chi connectivity index (χ4n) is 3.61. The van der Waals surface area contributed by atoms with Crippen molar-refractivity contribution in [2.24, 2.45) is 0 Å². The number of nitrogens with one attached hydrogen (secondary N) is 3. The lowest BCUT2D eigenvalue weighted by Gasteiger charge is -2.32. The van der Waals surface area contributed by atoms with E-state index in [2.05, 4.69) is 48.7 Å². The highest BCUT2D eigenvalue weighted by Gasteiger charge is 2.30. The molecule has 1 aliphatic rings. The van der Waals surface area contributed by atoms with Crippen LogP contribution in [0.15, 0.2) is 66.7 Å². The first-order valence-electron chi connectivity index (χ1n) is 9.94. The first-order chi connectivity index (χ1) is 13.2. The van der Waals surface area contributed by atoms with Gasteiger partial charge in [0, 0.05) is 6.54 Å². The van der Waals surface area contributed by atoms with Crippen LogP contribution in [0.25, 0.3) is 6.08 Å². The van der Waals surface area contributed by atoms with Crippen molar-refractivity contribution in [1.29, 1.82) is 0 Å². The van der Waals surface area contributed by atoms with E-state index in [4.69, 9.17) is 0 Å². The number of piperazine rings is 1.